The van der Waals surface area contributed by atoms with Crippen LogP contribution < -0.4 is 0 Å². The van der Waals surface area contributed by atoms with Gasteiger partial charge < -0.3 is 8.85 Å². The van der Waals surface area contributed by atoms with Gasteiger partial charge in [-0.1, -0.05) is 0 Å². The summed E-state index contributed by atoms with van der Waals surface area (Å²) in [6.07, 6.45) is -0.478. The molecule has 0 aliphatic rings. The maximum Gasteiger partial charge on any atom is 0.480 e. The van der Waals surface area contributed by atoms with Crippen molar-refractivity contribution in [1.29, 1.82) is 0 Å². The molecule has 0 saturated carbocycles. The van der Waals surface area contributed by atoms with Gasteiger partial charge in [0.25, 0.3) is 8.32 Å². The van der Waals surface area contributed by atoms with Crippen LogP contribution in [0.2, 0.25) is 26.2 Å². The maximum atomic E-state index is 10.7. The van der Waals surface area contributed by atoms with Crippen LogP contribution in [0, 0.1) is 0 Å². The summed E-state index contributed by atoms with van der Waals surface area (Å²) in [6.45, 7) is 7.74. The molecule has 0 bridgehead atoms. The minimum atomic E-state index is -1.71. The fourth-order valence-electron chi connectivity index (χ4n) is 0.397. The minimum absolute atomic E-state index is 0.478. The molecule has 0 aromatic carbocycles. The highest BCUT2D eigenvalue weighted by atomic mass is 28.4. The smallest absolute Gasteiger partial charge is 0.480 e. The van der Waals surface area contributed by atoms with E-state index in [0.29, 0.717) is 0 Å². The molecule has 0 aliphatic heterocycles. The fraction of sp³-hybridized carbons (Fsp3) is 0.800. The van der Waals surface area contributed by atoms with E-state index >= 15 is 0 Å². The topological polar surface area (TPSA) is 35.5 Å². The van der Waals surface area contributed by atoms with Crippen molar-refractivity contribution >= 4 is 24.2 Å². The van der Waals surface area contributed by atoms with Crippen molar-refractivity contribution in [3.8, 4) is 0 Å². The molecule has 60 valence electrons. The lowest BCUT2D eigenvalue weighted by Crippen LogP contribution is -2.29. The standard InChI is InChI=1S/C5H14O3Si2/c1-9-7-5(6)8-10(2,3)4/h9H2,1-4H3. The van der Waals surface area contributed by atoms with E-state index in [1.165, 1.54) is 0 Å². The van der Waals surface area contributed by atoms with Crippen molar-refractivity contribution in [3.05, 3.63) is 0 Å². The summed E-state index contributed by atoms with van der Waals surface area (Å²) in [7, 11) is -2.36. The van der Waals surface area contributed by atoms with Crippen molar-refractivity contribution in [2.45, 2.75) is 26.2 Å². The Bertz CT molecular complexity index is 119. The minimum Gasteiger partial charge on any atom is -0.496 e. The molecule has 0 fully saturated rings. The van der Waals surface area contributed by atoms with E-state index < -0.39 is 24.2 Å². The summed E-state index contributed by atoms with van der Waals surface area (Å²) in [6, 6.07) is 0. The normalized spacial score (nSPS) is 12.0. The molecular formula is C5H14O3Si2. The van der Waals surface area contributed by atoms with Crippen LogP contribution in [0.5, 0.6) is 0 Å². The maximum absolute atomic E-state index is 10.7. The number of hydrogen-bond acceptors (Lipinski definition) is 3. The molecule has 0 aromatic rings. The molecule has 0 heterocycles. The van der Waals surface area contributed by atoms with Crippen molar-refractivity contribution in [2.24, 2.45) is 0 Å². The van der Waals surface area contributed by atoms with Crippen LogP contribution in [0.25, 0.3) is 0 Å². The van der Waals surface area contributed by atoms with Gasteiger partial charge in [0.2, 0.25) is 9.76 Å². The van der Waals surface area contributed by atoms with E-state index in [0.717, 1.165) is 0 Å². The van der Waals surface area contributed by atoms with Gasteiger partial charge in [0.15, 0.2) is 0 Å². The molecule has 0 aliphatic carbocycles. The zero-order chi connectivity index (χ0) is 8.20. The summed E-state index contributed by atoms with van der Waals surface area (Å²) in [5.74, 6) is 0. The second-order valence-electron chi connectivity index (χ2n) is 2.90. The molecule has 0 amide bonds. The average molecular weight is 178 g/mol. The van der Waals surface area contributed by atoms with Gasteiger partial charge in [-0.25, -0.2) is 4.79 Å². The van der Waals surface area contributed by atoms with E-state index in [4.69, 9.17) is 8.85 Å². The van der Waals surface area contributed by atoms with E-state index in [1.54, 1.807) is 0 Å². The first-order chi connectivity index (χ1) is 4.45. The number of carbonyl (C=O) groups is 1. The summed E-state index contributed by atoms with van der Waals surface area (Å²) in [4.78, 5) is 10.7. The Balaban J connectivity index is 3.58. The van der Waals surface area contributed by atoms with Crippen molar-refractivity contribution in [2.75, 3.05) is 0 Å². The van der Waals surface area contributed by atoms with Gasteiger partial charge in [-0.05, 0) is 26.2 Å². The number of rotatable bonds is 2. The van der Waals surface area contributed by atoms with E-state index in [2.05, 4.69) is 0 Å². The van der Waals surface area contributed by atoms with Gasteiger partial charge in [-0.3, -0.25) is 0 Å². The lowest BCUT2D eigenvalue weighted by atomic mass is 11.5. The molecule has 0 aromatic heterocycles. The molecule has 0 N–H and O–H groups in total. The van der Waals surface area contributed by atoms with Gasteiger partial charge in [-0.2, -0.15) is 0 Å². The highest BCUT2D eigenvalue weighted by Crippen LogP contribution is 2.03. The largest absolute Gasteiger partial charge is 0.496 e. The first-order valence-electron chi connectivity index (χ1n) is 3.31. The van der Waals surface area contributed by atoms with Gasteiger partial charge in [0.05, 0.1) is 0 Å². The van der Waals surface area contributed by atoms with Crippen LogP contribution in [0.1, 0.15) is 0 Å². The van der Waals surface area contributed by atoms with Crippen LogP contribution in [0.4, 0.5) is 4.79 Å². The molecule has 0 spiro atoms. The van der Waals surface area contributed by atoms with E-state index in [9.17, 15) is 4.79 Å². The third-order valence-corrected chi connectivity index (χ3v) is 1.96. The molecule has 10 heavy (non-hydrogen) atoms. The molecule has 5 heteroatoms. The molecular weight excluding hydrogens is 164 g/mol. The van der Waals surface area contributed by atoms with Crippen molar-refractivity contribution in [1.82, 2.24) is 0 Å². The first-order valence-corrected chi connectivity index (χ1v) is 8.71. The second-order valence-corrected chi connectivity index (χ2v) is 8.19. The Kier molecular flexibility index (Phi) is 3.66. The molecule has 0 unspecified atom stereocenters. The lowest BCUT2D eigenvalue weighted by Gasteiger charge is -2.16. The Morgan fingerprint density at radius 2 is 1.90 bits per heavy atom. The Hall–Kier alpha value is -0.296. The first kappa shape index (κ1) is 9.70. The Morgan fingerprint density at radius 1 is 1.40 bits per heavy atom. The number of hydrogen-bond donors (Lipinski definition) is 0. The summed E-state index contributed by atoms with van der Waals surface area (Å²) in [5.41, 5.74) is 0. The van der Waals surface area contributed by atoms with Gasteiger partial charge in [-0.15, -0.1) is 0 Å². The third-order valence-electron chi connectivity index (χ3n) is 0.652. The van der Waals surface area contributed by atoms with Crippen LogP contribution in [0.3, 0.4) is 0 Å². The van der Waals surface area contributed by atoms with Gasteiger partial charge >= 0.3 is 6.16 Å². The fourth-order valence-corrected chi connectivity index (χ4v) is 1.37. The van der Waals surface area contributed by atoms with Gasteiger partial charge in [0.1, 0.15) is 0 Å². The van der Waals surface area contributed by atoms with Crippen LogP contribution in [-0.2, 0) is 8.85 Å². The van der Waals surface area contributed by atoms with Gasteiger partial charge in [0, 0.05) is 0 Å². The Labute approximate surface area is 64.8 Å². The quantitative estimate of drug-likeness (QED) is 0.594. The lowest BCUT2D eigenvalue weighted by molar-refractivity contribution is 0.152. The highest BCUT2D eigenvalue weighted by molar-refractivity contribution is 6.71. The molecule has 3 nitrogen and oxygen atoms in total. The predicted molar refractivity (Wildman–Crippen MR) is 45.3 cm³/mol. The SMILES string of the molecule is C[SiH2]OC(=O)O[Si](C)(C)C. The third kappa shape index (κ3) is 5.83. The second kappa shape index (κ2) is 3.77. The van der Waals surface area contributed by atoms with E-state index in [1.807, 2.05) is 26.2 Å². The van der Waals surface area contributed by atoms with Crippen molar-refractivity contribution < 1.29 is 13.6 Å². The molecule has 0 saturated heterocycles. The molecule has 0 rings (SSSR count). The van der Waals surface area contributed by atoms with Crippen LogP contribution in [0.15, 0.2) is 0 Å². The zero-order valence-electron chi connectivity index (χ0n) is 6.93. The summed E-state index contributed by atoms with van der Waals surface area (Å²) < 4.78 is 9.72. The molecule has 0 atom stereocenters. The Morgan fingerprint density at radius 3 is 2.20 bits per heavy atom. The highest BCUT2D eigenvalue weighted by Gasteiger charge is 2.19. The predicted octanol–water partition coefficient (Wildman–Crippen LogP) is 1.11. The molecule has 0 radical (unpaired) electrons. The zero-order valence-corrected chi connectivity index (χ0v) is 9.35. The van der Waals surface area contributed by atoms with E-state index in [-0.39, 0.29) is 0 Å². The monoisotopic (exact) mass is 178 g/mol. The van der Waals surface area contributed by atoms with Crippen LogP contribution >= 0.6 is 0 Å². The van der Waals surface area contributed by atoms with Crippen LogP contribution in [-0.4, -0.2) is 24.2 Å². The summed E-state index contributed by atoms with van der Waals surface area (Å²) >= 11 is 0. The number of carbonyl (C=O) groups excluding carboxylic acids is 1. The van der Waals surface area contributed by atoms with Crippen molar-refractivity contribution in [3.63, 3.8) is 0 Å². The average Bonchev–Trinajstić information content (AvgIpc) is 1.59. The summed E-state index contributed by atoms with van der Waals surface area (Å²) in [5, 5.41) is 0.